The largest absolute Gasteiger partial charge is 0.309 e. The van der Waals surface area contributed by atoms with Crippen molar-refractivity contribution < 1.29 is 4.79 Å². The van der Waals surface area contributed by atoms with Crippen molar-refractivity contribution in [3.8, 4) is 0 Å². The fraction of sp³-hybridized carbons (Fsp3) is 0.480. The molecule has 1 aliphatic carbocycles. The molecule has 148 valence electrons. The maximum absolute atomic E-state index is 12.8. The third kappa shape index (κ3) is 3.86. The summed E-state index contributed by atoms with van der Waals surface area (Å²) in [5.41, 5.74) is 4.11. The number of hydrogen-bond donors (Lipinski definition) is 0. The van der Waals surface area contributed by atoms with Gasteiger partial charge in [-0.1, -0.05) is 56.3 Å². The van der Waals surface area contributed by atoms with Crippen LogP contribution in [-0.4, -0.2) is 36.0 Å². The van der Waals surface area contributed by atoms with Gasteiger partial charge in [0, 0.05) is 37.3 Å². The van der Waals surface area contributed by atoms with E-state index in [1.54, 1.807) is 0 Å². The number of aryl methyl sites for hydroxylation is 1. The van der Waals surface area contributed by atoms with Gasteiger partial charge in [0.15, 0.2) is 0 Å². The number of benzene rings is 2. The van der Waals surface area contributed by atoms with Gasteiger partial charge in [-0.3, -0.25) is 9.69 Å². The zero-order valence-corrected chi connectivity index (χ0v) is 17.2. The lowest BCUT2D eigenvalue weighted by Gasteiger charge is -2.46. The van der Waals surface area contributed by atoms with Gasteiger partial charge in [0.1, 0.15) is 0 Å². The summed E-state index contributed by atoms with van der Waals surface area (Å²) in [5.74, 6) is 0.713. The Hall–Kier alpha value is -2.13. The highest BCUT2D eigenvalue weighted by Crippen LogP contribution is 2.32. The van der Waals surface area contributed by atoms with Crippen LogP contribution in [-0.2, 0) is 17.6 Å². The lowest BCUT2D eigenvalue weighted by atomic mass is 9.84. The number of fused-ring (bicyclic) bond motifs is 1. The van der Waals surface area contributed by atoms with Gasteiger partial charge < -0.3 is 4.90 Å². The first-order chi connectivity index (χ1) is 13.7. The third-order valence-electron chi connectivity index (χ3n) is 6.67. The molecule has 4 rings (SSSR count). The topological polar surface area (TPSA) is 23.6 Å². The van der Waals surface area contributed by atoms with Crippen molar-refractivity contribution in [2.24, 2.45) is 5.92 Å². The van der Waals surface area contributed by atoms with E-state index in [9.17, 15) is 4.79 Å². The van der Waals surface area contributed by atoms with Crippen molar-refractivity contribution in [2.75, 3.05) is 18.0 Å². The summed E-state index contributed by atoms with van der Waals surface area (Å²) in [4.78, 5) is 17.6. The number of hydrogen-bond acceptors (Lipinski definition) is 2. The first kappa shape index (κ1) is 19.2. The number of piperidine rings is 1. The van der Waals surface area contributed by atoms with Crippen LogP contribution in [0.5, 0.6) is 0 Å². The molecule has 1 heterocycles. The molecular formula is C25H32N2O. The molecule has 1 aliphatic heterocycles. The molecule has 3 heteroatoms. The predicted molar refractivity (Wildman–Crippen MR) is 116 cm³/mol. The van der Waals surface area contributed by atoms with Crippen molar-refractivity contribution in [1.29, 1.82) is 0 Å². The molecule has 28 heavy (non-hydrogen) atoms. The van der Waals surface area contributed by atoms with Crippen molar-refractivity contribution in [1.82, 2.24) is 4.90 Å². The van der Waals surface area contributed by atoms with E-state index in [1.165, 1.54) is 30.4 Å². The predicted octanol–water partition coefficient (Wildman–Crippen LogP) is 4.70. The maximum atomic E-state index is 12.8. The second-order valence-corrected chi connectivity index (χ2v) is 8.45. The van der Waals surface area contributed by atoms with Crippen LogP contribution in [0.2, 0.25) is 0 Å². The molecule has 1 amide bonds. The molecule has 2 aromatic rings. The Morgan fingerprint density at radius 2 is 1.75 bits per heavy atom. The summed E-state index contributed by atoms with van der Waals surface area (Å²) in [5, 5.41) is 0. The molecule has 0 spiro atoms. The van der Waals surface area contributed by atoms with E-state index in [4.69, 9.17) is 0 Å². The molecule has 3 nitrogen and oxygen atoms in total. The molecular weight excluding hydrogens is 344 g/mol. The van der Waals surface area contributed by atoms with Gasteiger partial charge in [-0.05, 0) is 54.9 Å². The van der Waals surface area contributed by atoms with Gasteiger partial charge in [0.2, 0.25) is 5.91 Å². The van der Waals surface area contributed by atoms with Gasteiger partial charge >= 0.3 is 0 Å². The van der Waals surface area contributed by atoms with Crippen LogP contribution in [0.1, 0.15) is 44.2 Å². The molecule has 0 radical (unpaired) electrons. The van der Waals surface area contributed by atoms with Crippen LogP contribution in [0.25, 0.3) is 0 Å². The third-order valence-corrected chi connectivity index (χ3v) is 6.67. The minimum atomic E-state index is 0.239. The first-order valence-corrected chi connectivity index (χ1v) is 10.8. The lowest BCUT2D eigenvalue weighted by Crippen LogP contribution is -2.55. The number of carbonyl (C=O) groups excluding carboxylic acids is 1. The zero-order valence-electron chi connectivity index (χ0n) is 17.2. The van der Waals surface area contributed by atoms with E-state index in [-0.39, 0.29) is 5.91 Å². The summed E-state index contributed by atoms with van der Waals surface area (Å²) in [6.45, 7) is 6.46. The Morgan fingerprint density at radius 1 is 1.04 bits per heavy atom. The highest BCUT2D eigenvalue weighted by molar-refractivity contribution is 5.93. The molecule has 1 saturated heterocycles. The number of amides is 1. The van der Waals surface area contributed by atoms with E-state index in [0.717, 1.165) is 25.2 Å². The van der Waals surface area contributed by atoms with E-state index < -0.39 is 0 Å². The van der Waals surface area contributed by atoms with Crippen LogP contribution >= 0.6 is 0 Å². The summed E-state index contributed by atoms with van der Waals surface area (Å²) in [6.07, 6.45) is 5.23. The standard InChI is InChI=1S/C25H32N2O/c1-3-25(28)27(22-11-5-4-6-12-22)24-15-16-26(18-19(24)2)23-14-13-20-9-7-8-10-21(20)17-23/h4-12,19,23-24H,3,13-18H2,1-2H3/t19-,23?,24-/m0/s1. The van der Waals surface area contributed by atoms with Gasteiger partial charge in [-0.25, -0.2) is 0 Å². The van der Waals surface area contributed by atoms with E-state index >= 15 is 0 Å². The molecule has 2 aromatic carbocycles. The molecule has 3 atom stereocenters. The number of carbonyl (C=O) groups is 1. The minimum absolute atomic E-state index is 0.239. The second-order valence-electron chi connectivity index (χ2n) is 8.45. The summed E-state index contributed by atoms with van der Waals surface area (Å²) >= 11 is 0. The van der Waals surface area contributed by atoms with E-state index in [2.05, 4.69) is 53.1 Å². The number of para-hydroxylation sites is 1. The van der Waals surface area contributed by atoms with Gasteiger partial charge in [-0.2, -0.15) is 0 Å². The quantitative estimate of drug-likeness (QED) is 0.772. The van der Waals surface area contributed by atoms with Crippen molar-refractivity contribution >= 4 is 11.6 Å². The molecule has 1 unspecified atom stereocenters. The van der Waals surface area contributed by atoms with Crippen LogP contribution in [0.15, 0.2) is 54.6 Å². The van der Waals surface area contributed by atoms with Crippen molar-refractivity contribution in [2.45, 2.75) is 58.0 Å². The van der Waals surface area contributed by atoms with E-state index in [1.807, 2.05) is 25.1 Å². The van der Waals surface area contributed by atoms with Crippen molar-refractivity contribution in [3.05, 3.63) is 65.7 Å². The van der Waals surface area contributed by atoms with Gasteiger partial charge in [0.05, 0.1) is 0 Å². The Morgan fingerprint density at radius 3 is 2.46 bits per heavy atom. The van der Waals surface area contributed by atoms with Gasteiger partial charge in [-0.15, -0.1) is 0 Å². The number of rotatable bonds is 4. The van der Waals surface area contributed by atoms with Crippen LogP contribution in [0.3, 0.4) is 0 Å². The lowest BCUT2D eigenvalue weighted by molar-refractivity contribution is -0.119. The molecule has 2 aliphatic rings. The molecule has 0 aromatic heterocycles. The van der Waals surface area contributed by atoms with Gasteiger partial charge in [0.25, 0.3) is 0 Å². The first-order valence-electron chi connectivity index (χ1n) is 10.8. The molecule has 0 bridgehead atoms. The summed E-state index contributed by atoms with van der Waals surface area (Å²) < 4.78 is 0. The molecule has 1 fully saturated rings. The zero-order chi connectivity index (χ0) is 19.5. The molecule has 0 N–H and O–H groups in total. The number of nitrogens with zero attached hydrogens (tertiary/aromatic N) is 2. The Labute approximate surface area is 169 Å². The van der Waals surface area contributed by atoms with Crippen LogP contribution in [0.4, 0.5) is 5.69 Å². The van der Waals surface area contributed by atoms with Crippen LogP contribution < -0.4 is 4.90 Å². The Balaban J connectivity index is 1.47. The average Bonchev–Trinajstić information content (AvgIpc) is 2.75. The smallest absolute Gasteiger partial charge is 0.226 e. The average molecular weight is 377 g/mol. The maximum Gasteiger partial charge on any atom is 0.226 e. The fourth-order valence-corrected chi connectivity index (χ4v) is 5.15. The molecule has 0 saturated carbocycles. The SMILES string of the molecule is CCC(=O)N(c1ccccc1)[C@H]1CCN(C2CCc3ccccc3C2)C[C@@H]1C. The summed E-state index contributed by atoms with van der Waals surface area (Å²) in [7, 11) is 0. The summed E-state index contributed by atoms with van der Waals surface area (Å²) in [6, 6.07) is 20.1. The highest BCUT2D eigenvalue weighted by atomic mass is 16.2. The minimum Gasteiger partial charge on any atom is -0.309 e. The normalized spacial score (nSPS) is 25.1. The second kappa shape index (κ2) is 8.48. The number of likely N-dealkylation sites (tertiary alicyclic amines) is 1. The fourth-order valence-electron chi connectivity index (χ4n) is 5.15. The monoisotopic (exact) mass is 376 g/mol. The Kier molecular flexibility index (Phi) is 5.82. The number of anilines is 1. The van der Waals surface area contributed by atoms with Crippen molar-refractivity contribution in [3.63, 3.8) is 0 Å². The van der Waals surface area contributed by atoms with Crippen LogP contribution in [0, 0.1) is 5.92 Å². The van der Waals surface area contributed by atoms with E-state index in [0.29, 0.717) is 24.4 Å². The Bertz CT molecular complexity index is 803. The highest BCUT2D eigenvalue weighted by Gasteiger charge is 2.36.